The van der Waals surface area contributed by atoms with Gasteiger partial charge in [-0.1, -0.05) is 6.92 Å². The number of carboxylic acid groups (broad SMARTS) is 1. The van der Waals surface area contributed by atoms with Crippen LogP contribution < -0.4 is 5.32 Å². The molecule has 0 aliphatic carbocycles. The summed E-state index contributed by atoms with van der Waals surface area (Å²) in [6.45, 7) is 2.08. The quantitative estimate of drug-likeness (QED) is 0.570. The maximum absolute atomic E-state index is 11.6. The molecule has 0 fully saturated rings. The summed E-state index contributed by atoms with van der Waals surface area (Å²) in [5.41, 5.74) is 0. The molecule has 19 heavy (non-hydrogen) atoms. The zero-order valence-corrected chi connectivity index (χ0v) is 10.3. The summed E-state index contributed by atoms with van der Waals surface area (Å²) in [6, 6.07) is 2.32. The third-order valence-corrected chi connectivity index (χ3v) is 2.46. The summed E-state index contributed by atoms with van der Waals surface area (Å²) >= 11 is 0. The molecule has 0 saturated heterocycles. The Morgan fingerprint density at radius 2 is 2.21 bits per heavy atom. The molecule has 0 aromatic carbocycles. The van der Waals surface area contributed by atoms with Crippen LogP contribution in [0.15, 0.2) is 16.5 Å². The van der Waals surface area contributed by atoms with Gasteiger partial charge in [0, 0.05) is 13.0 Å². The van der Waals surface area contributed by atoms with Gasteiger partial charge in [-0.25, -0.2) is 0 Å². The Morgan fingerprint density at radius 3 is 2.74 bits per heavy atom. The van der Waals surface area contributed by atoms with Crippen molar-refractivity contribution in [2.75, 3.05) is 6.54 Å². The molecule has 8 heteroatoms. The summed E-state index contributed by atoms with van der Waals surface area (Å²) in [4.78, 5) is 31.6. The number of amides is 1. The number of carbonyl (C=O) groups is 2. The zero-order valence-electron chi connectivity index (χ0n) is 10.3. The predicted octanol–water partition coefficient (Wildman–Crippen LogP) is 1.42. The molecule has 0 aliphatic heterocycles. The van der Waals surface area contributed by atoms with E-state index in [9.17, 15) is 19.7 Å². The molecule has 104 valence electrons. The highest BCUT2D eigenvalue weighted by Crippen LogP contribution is 2.15. The van der Waals surface area contributed by atoms with Crippen molar-refractivity contribution in [1.82, 2.24) is 5.32 Å². The van der Waals surface area contributed by atoms with Gasteiger partial charge in [-0.05, 0) is 18.4 Å². The topological polar surface area (TPSA) is 123 Å². The van der Waals surface area contributed by atoms with Crippen LogP contribution in [-0.4, -0.2) is 28.5 Å². The summed E-state index contributed by atoms with van der Waals surface area (Å²) in [6.07, 6.45) is 0.469. The van der Waals surface area contributed by atoms with Crippen LogP contribution in [-0.2, 0) is 4.79 Å². The molecule has 1 heterocycles. The van der Waals surface area contributed by atoms with Gasteiger partial charge in [0.2, 0.25) is 0 Å². The van der Waals surface area contributed by atoms with Crippen molar-refractivity contribution in [2.45, 2.75) is 19.8 Å². The Labute approximate surface area is 108 Å². The maximum Gasteiger partial charge on any atom is 0.433 e. The van der Waals surface area contributed by atoms with Crippen LogP contribution in [0, 0.1) is 16.0 Å². The van der Waals surface area contributed by atoms with Crippen LogP contribution in [0.1, 0.15) is 30.3 Å². The maximum atomic E-state index is 11.6. The molecule has 0 radical (unpaired) electrons. The molecule has 1 aromatic heterocycles. The molecule has 1 rings (SSSR count). The van der Waals surface area contributed by atoms with Crippen LogP contribution in [0.3, 0.4) is 0 Å². The molecule has 8 nitrogen and oxygen atoms in total. The normalized spacial score (nSPS) is 11.8. The number of nitrogens with one attached hydrogen (secondary N) is 1. The fourth-order valence-electron chi connectivity index (χ4n) is 1.37. The van der Waals surface area contributed by atoms with E-state index in [1.165, 1.54) is 6.07 Å². The van der Waals surface area contributed by atoms with E-state index in [1.54, 1.807) is 6.92 Å². The summed E-state index contributed by atoms with van der Waals surface area (Å²) < 4.78 is 4.73. The second-order valence-corrected chi connectivity index (χ2v) is 4.14. The highest BCUT2D eigenvalue weighted by Gasteiger charge is 2.17. The van der Waals surface area contributed by atoms with Gasteiger partial charge in [-0.15, -0.1) is 0 Å². The van der Waals surface area contributed by atoms with Gasteiger partial charge < -0.3 is 14.8 Å². The first-order chi connectivity index (χ1) is 8.90. The average molecular weight is 270 g/mol. The molecule has 1 unspecified atom stereocenters. The molecule has 0 aliphatic rings. The van der Waals surface area contributed by atoms with Crippen LogP contribution in [0.25, 0.3) is 0 Å². The monoisotopic (exact) mass is 270 g/mol. The van der Waals surface area contributed by atoms with Crippen molar-refractivity contribution >= 4 is 17.8 Å². The van der Waals surface area contributed by atoms with Crippen molar-refractivity contribution in [3.8, 4) is 0 Å². The van der Waals surface area contributed by atoms with Gasteiger partial charge in [0.15, 0.2) is 5.76 Å². The van der Waals surface area contributed by atoms with E-state index < -0.39 is 22.7 Å². The minimum absolute atomic E-state index is 0.00926. The summed E-state index contributed by atoms with van der Waals surface area (Å²) in [5.74, 6) is -2.10. The highest BCUT2D eigenvalue weighted by atomic mass is 16.6. The average Bonchev–Trinajstić information content (AvgIpc) is 2.83. The molecule has 1 atom stereocenters. The van der Waals surface area contributed by atoms with E-state index in [0.717, 1.165) is 6.07 Å². The van der Waals surface area contributed by atoms with Crippen LogP contribution in [0.2, 0.25) is 0 Å². The van der Waals surface area contributed by atoms with Crippen molar-refractivity contribution in [1.29, 1.82) is 0 Å². The van der Waals surface area contributed by atoms with Gasteiger partial charge >= 0.3 is 11.9 Å². The largest absolute Gasteiger partial charge is 0.481 e. The van der Waals surface area contributed by atoms with Gasteiger partial charge in [0.05, 0.1) is 6.07 Å². The lowest BCUT2D eigenvalue weighted by Gasteiger charge is -2.10. The van der Waals surface area contributed by atoms with Crippen molar-refractivity contribution in [3.05, 3.63) is 28.0 Å². The lowest BCUT2D eigenvalue weighted by atomic mass is 10.1. The number of nitro groups is 1. The van der Waals surface area contributed by atoms with E-state index in [1.807, 2.05) is 0 Å². The first-order valence-corrected chi connectivity index (χ1v) is 5.64. The standard InChI is InChI=1S/C11H14N2O6/c1-7(2-5-10(14)15)6-12-11(16)8-3-4-9(19-8)13(17)18/h3-4,7H,2,5-6H2,1H3,(H,12,16)(H,14,15). The van der Waals surface area contributed by atoms with Crippen molar-refractivity contribution in [3.63, 3.8) is 0 Å². The van der Waals surface area contributed by atoms with Gasteiger partial charge in [0.1, 0.15) is 4.92 Å². The minimum Gasteiger partial charge on any atom is -0.481 e. The van der Waals surface area contributed by atoms with Crippen molar-refractivity contribution in [2.24, 2.45) is 5.92 Å². The number of aliphatic carboxylic acids is 1. The second-order valence-electron chi connectivity index (χ2n) is 4.14. The third kappa shape index (κ3) is 4.78. The first kappa shape index (κ1) is 14.7. The predicted molar refractivity (Wildman–Crippen MR) is 63.7 cm³/mol. The fraction of sp³-hybridized carbons (Fsp3) is 0.455. The Bertz CT molecular complexity index is 481. The van der Waals surface area contributed by atoms with Gasteiger partial charge in [0.25, 0.3) is 5.91 Å². The van der Waals surface area contributed by atoms with Crippen molar-refractivity contribution < 1.29 is 24.0 Å². The molecular weight excluding hydrogens is 256 g/mol. The fourth-order valence-corrected chi connectivity index (χ4v) is 1.37. The Morgan fingerprint density at radius 1 is 1.53 bits per heavy atom. The van der Waals surface area contributed by atoms with Crippen LogP contribution in [0.5, 0.6) is 0 Å². The molecule has 0 spiro atoms. The second kappa shape index (κ2) is 6.53. The minimum atomic E-state index is -0.889. The van der Waals surface area contributed by atoms with E-state index in [0.29, 0.717) is 6.42 Å². The number of carbonyl (C=O) groups excluding carboxylic acids is 1. The number of rotatable bonds is 7. The van der Waals surface area contributed by atoms with Gasteiger partial charge in [-0.3, -0.25) is 19.7 Å². The number of furan rings is 1. The molecule has 1 amide bonds. The summed E-state index contributed by atoms with van der Waals surface area (Å²) in [7, 11) is 0. The lowest BCUT2D eigenvalue weighted by Crippen LogP contribution is -2.28. The first-order valence-electron chi connectivity index (χ1n) is 5.64. The third-order valence-electron chi connectivity index (χ3n) is 2.46. The molecular formula is C11H14N2O6. The van der Waals surface area contributed by atoms with E-state index in [2.05, 4.69) is 5.32 Å². The SMILES string of the molecule is CC(CCC(=O)O)CNC(=O)c1ccc([N+](=O)[O-])o1. The van der Waals surface area contributed by atoms with Crippen LogP contribution in [0.4, 0.5) is 5.88 Å². The van der Waals surface area contributed by atoms with Crippen LogP contribution >= 0.6 is 0 Å². The van der Waals surface area contributed by atoms with E-state index in [-0.39, 0.29) is 24.6 Å². The van der Waals surface area contributed by atoms with E-state index >= 15 is 0 Å². The summed E-state index contributed by atoms with van der Waals surface area (Å²) in [5, 5.41) is 21.4. The van der Waals surface area contributed by atoms with Gasteiger partial charge in [-0.2, -0.15) is 0 Å². The Kier molecular flexibility index (Phi) is 5.04. The molecule has 2 N–H and O–H groups in total. The lowest BCUT2D eigenvalue weighted by molar-refractivity contribution is -0.402. The smallest absolute Gasteiger partial charge is 0.433 e. The number of hydrogen-bond donors (Lipinski definition) is 2. The molecule has 1 aromatic rings. The molecule has 0 bridgehead atoms. The number of nitrogens with zero attached hydrogens (tertiary/aromatic N) is 1. The number of carboxylic acids is 1. The molecule has 0 saturated carbocycles. The Balaban J connectivity index is 2.42. The Hall–Kier alpha value is -2.38. The van der Waals surface area contributed by atoms with E-state index in [4.69, 9.17) is 9.52 Å². The highest BCUT2D eigenvalue weighted by molar-refractivity contribution is 5.91. The number of hydrogen-bond acceptors (Lipinski definition) is 5. The zero-order chi connectivity index (χ0) is 14.4.